The van der Waals surface area contributed by atoms with Crippen LogP contribution in [0.1, 0.15) is 15.9 Å². The lowest BCUT2D eigenvalue weighted by molar-refractivity contribution is 0.0994. The number of aromatic nitrogens is 1. The molecule has 5 nitrogen and oxygen atoms in total. The summed E-state index contributed by atoms with van der Waals surface area (Å²) in [6.07, 6.45) is 1.76. The average Bonchev–Trinajstić information content (AvgIpc) is 3.09. The number of carbonyl (C=O) groups excluding carboxylic acids is 1. The van der Waals surface area contributed by atoms with Gasteiger partial charge < -0.3 is 8.98 Å². The molecule has 0 atom stereocenters. The van der Waals surface area contributed by atoms with Crippen LogP contribution in [0.5, 0.6) is 0 Å². The van der Waals surface area contributed by atoms with E-state index in [4.69, 9.17) is 4.42 Å². The van der Waals surface area contributed by atoms with Crippen molar-refractivity contribution in [1.29, 1.82) is 0 Å². The van der Waals surface area contributed by atoms with Crippen LogP contribution in [-0.4, -0.2) is 10.5 Å². The normalized spacial score (nSPS) is 12.1. The molecule has 2 aromatic heterocycles. The molecule has 0 fully saturated rings. The molecule has 0 unspecified atom stereocenters. The van der Waals surface area contributed by atoms with Gasteiger partial charge in [-0.1, -0.05) is 53.8 Å². The first kappa shape index (κ1) is 19.2. The summed E-state index contributed by atoms with van der Waals surface area (Å²) in [6, 6.07) is 19.1. The molecule has 6 heteroatoms. The van der Waals surface area contributed by atoms with E-state index in [2.05, 4.69) is 17.6 Å². The second-order valence-electron chi connectivity index (χ2n) is 7.32. The van der Waals surface area contributed by atoms with Gasteiger partial charge in [-0.25, -0.2) is 4.79 Å². The van der Waals surface area contributed by atoms with E-state index in [-0.39, 0.29) is 5.56 Å². The predicted octanol–water partition coefficient (Wildman–Crippen LogP) is 5.20. The van der Waals surface area contributed by atoms with Crippen molar-refractivity contribution < 1.29 is 9.21 Å². The van der Waals surface area contributed by atoms with Crippen LogP contribution in [0.3, 0.4) is 0 Å². The fraction of sp³-hybridized carbons (Fsp3) is 0.0800. The number of fused-ring (bicyclic) bond motifs is 4. The highest BCUT2D eigenvalue weighted by atomic mass is 32.1. The first-order valence-corrected chi connectivity index (χ1v) is 10.6. The number of thiazole rings is 1. The Balaban J connectivity index is 1.72. The van der Waals surface area contributed by atoms with Crippen LogP contribution in [0.15, 0.2) is 87.5 Å². The van der Waals surface area contributed by atoms with Crippen molar-refractivity contribution in [2.75, 3.05) is 0 Å². The molecule has 0 aliphatic carbocycles. The predicted molar refractivity (Wildman–Crippen MR) is 125 cm³/mol. The number of nitrogens with zero attached hydrogens (tertiary/aromatic N) is 2. The third kappa shape index (κ3) is 3.31. The molecule has 0 bridgehead atoms. The summed E-state index contributed by atoms with van der Waals surface area (Å²) in [5.74, 6) is -0.621. The molecule has 0 saturated heterocycles. The number of aryl methyl sites for hydroxylation is 1. The highest BCUT2D eigenvalue weighted by Crippen LogP contribution is 2.25. The van der Waals surface area contributed by atoms with Gasteiger partial charge in [-0.05, 0) is 47.5 Å². The lowest BCUT2D eigenvalue weighted by Crippen LogP contribution is -2.19. The Hall–Kier alpha value is -3.77. The third-order valence-electron chi connectivity index (χ3n) is 5.22. The SMILES string of the molecule is C=CCn1c(=NC(=O)c2cc3c(ccc4ccccc43)oc2=O)sc2cc(C)ccc21. The summed E-state index contributed by atoms with van der Waals surface area (Å²) in [5, 5.41) is 2.63. The summed E-state index contributed by atoms with van der Waals surface area (Å²) in [5.41, 5.74) is 1.77. The Morgan fingerprint density at radius 2 is 1.97 bits per heavy atom. The lowest BCUT2D eigenvalue weighted by atomic mass is 10.0. The maximum Gasteiger partial charge on any atom is 0.349 e. The van der Waals surface area contributed by atoms with Crippen molar-refractivity contribution in [2.24, 2.45) is 4.99 Å². The van der Waals surface area contributed by atoms with Crippen LogP contribution in [0.4, 0.5) is 0 Å². The number of hydrogen-bond acceptors (Lipinski definition) is 4. The van der Waals surface area contributed by atoms with E-state index in [1.54, 1.807) is 18.2 Å². The Bertz CT molecular complexity index is 1640. The Kier molecular flexibility index (Phi) is 4.64. The first-order chi connectivity index (χ1) is 15.0. The largest absolute Gasteiger partial charge is 0.422 e. The molecule has 1 amide bonds. The monoisotopic (exact) mass is 426 g/mol. The molecule has 2 heterocycles. The zero-order chi connectivity index (χ0) is 21.5. The van der Waals surface area contributed by atoms with Crippen LogP contribution < -0.4 is 10.4 Å². The van der Waals surface area contributed by atoms with Crippen LogP contribution in [0.2, 0.25) is 0 Å². The molecule has 0 aliphatic rings. The quantitative estimate of drug-likeness (QED) is 0.226. The third-order valence-corrected chi connectivity index (χ3v) is 6.26. The van der Waals surface area contributed by atoms with E-state index in [1.807, 2.05) is 54.0 Å². The summed E-state index contributed by atoms with van der Waals surface area (Å²) < 4.78 is 8.39. The number of carbonyl (C=O) groups is 1. The van der Waals surface area contributed by atoms with Crippen molar-refractivity contribution in [2.45, 2.75) is 13.5 Å². The number of amides is 1. The van der Waals surface area contributed by atoms with Gasteiger partial charge in [0.15, 0.2) is 4.80 Å². The van der Waals surface area contributed by atoms with E-state index < -0.39 is 11.5 Å². The molecular formula is C25H18N2O3S. The molecular weight excluding hydrogens is 408 g/mol. The molecule has 0 radical (unpaired) electrons. The summed E-state index contributed by atoms with van der Waals surface area (Å²) in [6.45, 7) is 6.33. The van der Waals surface area contributed by atoms with Crippen molar-refractivity contribution >= 4 is 49.2 Å². The average molecular weight is 426 g/mol. The van der Waals surface area contributed by atoms with Gasteiger partial charge >= 0.3 is 5.63 Å². The zero-order valence-corrected chi connectivity index (χ0v) is 17.6. The highest BCUT2D eigenvalue weighted by molar-refractivity contribution is 7.16. The Labute approximate surface area is 181 Å². The fourth-order valence-corrected chi connectivity index (χ4v) is 4.87. The molecule has 31 heavy (non-hydrogen) atoms. The smallest absolute Gasteiger partial charge is 0.349 e. The molecule has 5 aromatic rings. The first-order valence-electron chi connectivity index (χ1n) is 9.81. The number of benzene rings is 3. The van der Waals surface area contributed by atoms with Crippen molar-refractivity contribution in [3.63, 3.8) is 0 Å². The number of allylic oxidation sites excluding steroid dienone is 1. The molecule has 5 rings (SSSR count). The van der Waals surface area contributed by atoms with Gasteiger partial charge in [-0.2, -0.15) is 4.99 Å². The van der Waals surface area contributed by atoms with Crippen molar-refractivity contribution in [3.05, 3.63) is 99.7 Å². The minimum atomic E-state index is -0.691. The molecule has 0 spiro atoms. The van der Waals surface area contributed by atoms with Gasteiger partial charge in [-0.15, -0.1) is 6.58 Å². The maximum atomic E-state index is 13.1. The van der Waals surface area contributed by atoms with Crippen molar-refractivity contribution in [1.82, 2.24) is 4.57 Å². The molecule has 0 N–H and O–H groups in total. The molecule has 0 saturated carbocycles. The highest BCUT2D eigenvalue weighted by Gasteiger charge is 2.16. The fourth-order valence-electron chi connectivity index (χ4n) is 3.74. The van der Waals surface area contributed by atoms with Gasteiger partial charge in [0.1, 0.15) is 11.1 Å². The molecule has 0 aliphatic heterocycles. The van der Waals surface area contributed by atoms with Gasteiger partial charge in [0.05, 0.1) is 10.2 Å². The van der Waals surface area contributed by atoms with E-state index in [9.17, 15) is 9.59 Å². The van der Waals surface area contributed by atoms with Crippen LogP contribution in [0.25, 0.3) is 32.0 Å². The second-order valence-corrected chi connectivity index (χ2v) is 8.33. The minimum Gasteiger partial charge on any atom is -0.422 e. The van der Waals surface area contributed by atoms with E-state index in [0.29, 0.717) is 22.3 Å². The minimum absolute atomic E-state index is 0.0809. The van der Waals surface area contributed by atoms with Gasteiger partial charge in [0.25, 0.3) is 5.91 Å². The van der Waals surface area contributed by atoms with Gasteiger partial charge in [0.2, 0.25) is 0 Å². The van der Waals surface area contributed by atoms with Crippen LogP contribution >= 0.6 is 11.3 Å². The second kappa shape index (κ2) is 7.49. The van der Waals surface area contributed by atoms with Gasteiger partial charge in [-0.3, -0.25) is 4.79 Å². The topological polar surface area (TPSA) is 64.6 Å². The van der Waals surface area contributed by atoms with Crippen LogP contribution in [-0.2, 0) is 6.54 Å². The standard InChI is InChI=1S/C25H18N2O3S/c1-3-12-27-20-10-8-15(2)13-22(20)31-25(27)26-23(28)19-14-18-17-7-5-4-6-16(17)9-11-21(18)30-24(19)29/h3-11,13-14H,1,12H2,2H3. The van der Waals surface area contributed by atoms with Gasteiger partial charge in [0, 0.05) is 11.9 Å². The van der Waals surface area contributed by atoms with Crippen LogP contribution in [0, 0.1) is 6.92 Å². The summed E-state index contributed by atoms with van der Waals surface area (Å²) >= 11 is 1.41. The zero-order valence-electron chi connectivity index (χ0n) is 16.8. The number of hydrogen-bond donors (Lipinski definition) is 0. The lowest BCUT2D eigenvalue weighted by Gasteiger charge is -2.04. The Morgan fingerprint density at radius 1 is 1.13 bits per heavy atom. The molecule has 152 valence electrons. The maximum absolute atomic E-state index is 13.1. The van der Waals surface area contributed by atoms with E-state index in [0.717, 1.165) is 26.6 Å². The Morgan fingerprint density at radius 3 is 2.81 bits per heavy atom. The van der Waals surface area contributed by atoms with E-state index in [1.165, 1.54) is 11.3 Å². The summed E-state index contributed by atoms with van der Waals surface area (Å²) in [4.78, 5) is 30.4. The number of rotatable bonds is 3. The van der Waals surface area contributed by atoms with Crippen molar-refractivity contribution in [3.8, 4) is 0 Å². The molecule has 3 aromatic carbocycles. The summed E-state index contributed by atoms with van der Waals surface area (Å²) in [7, 11) is 0. The van der Waals surface area contributed by atoms with E-state index >= 15 is 0 Å².